The van der Waals surface area contributed by atoms with Gasteiger partial charge in [-0.3, -0.25) is 9.36 Å². The highest BCUT2D eigenvalue weighted by Gasteiger charge is 2.31. The highest BCUT2D eigenvalue weighted by Crippen LogP contribution is 2.34. The highest BCUT2D eigenvalue weighted by atomic mass is 79.9. The molecule has 0 fully saturated rings. The molecule has 9 heteroatoms. The van der Waals surface area contributed by atoms with Crippen LogP contribution in [0.2, 0.25) is 0 Å². The minimum atomic E-state index is -4.54. The van der Waals surface area contributed by atoms with Crippen molar-refractivity contribution in [3.8, 4) is 0 Å². The predicted octanol–water partition coefficient (Wildman–Crippen LogP) is 6.10. The van der Waals surface area contributed by atoms with E-state index >= 15 is 0 Å². The number of fused-ring (bicyclic) bond motifs is 1. The van der Waals surface area contributed by atoms with Gasteiger partial charge in [-0.1, -0.05) is 22.9 Å². The van der Waals surface area contributed by atoms with Crippen LogP contribution in [0.1, 0.15) is 18.1 Å². The molecule has 0 atom stereocenters. The molecule has 0 bridgehead atoms. The Kier molecular flexibility index (Phi) is 6.02. The van der Waals surface area contributed by atoms with E-state index in [0.717, 1.165) is 32.8 Å². The Bertz CT molecular complexity index is 1070. The summed E-state index contributed by atoms with van der Waals surface area (Å²) in [6.07, 6.45) is -3.18. The predicted molar refractivity (Wildman–Crippen MR) is 108 cm³/mol. The maximum absolute atomic E-state index is 13.1. The SMILES string of the molecule is CCSc1ccc(Br)cc1Cn1cnc2c(Br)cc(C(F)(F)F)cc2c1=O. The third-order valence-electron chi connectivity index (χ3n) is 3.87. The summed E-state index contributed by atoms with van der Waals surface area (Å²) in [6, 6.07) is 7.55. The number of halogens is 5. The first-order valence-corrected chi connectivity index (χ1v) is 10.4. The lowest BCUT2D eigenvalue weighted by Crippen LogP contribution is -2.22. The summed E-state index contributed by atoms with van der Waals surface area (Å²) in [5.74, 6) is 0.862. The standard InChI is InChI=1S/C18H13Br2F3N2OS/c1-2-27-15-4-3-12(19)5-10(15)8-25-9-24-16-13(17(25)26)6-11(7-14(16)20)18(21,22)23/h3-7,9H,2,8H2,1H3. The zero-order valence-electron chi connectivity index (χ0n) is 14.0. The molecular formula is C18H13Br2F3N2OS. The van der Waals surface area contributed by atoms with Gasteiger partial charge in [-0.05, 0) is 57.6 Å². The lowest BCUT2D eigenvalue weighted by Gasteiger charge is -2.13. The van der Waals surface area contributed by atoms with E-state index in [0.29, 0.717) is 0 Å². The zero-order chi connectivity index (χ0) is 19.8. The third kappa shape index (κ3) is 4.41. The van der Waals surface area contributed by atoms with E-state index in [1.54, 1.807) is 11.8 Å². The van der Waals surface area contributed by atoms with Crippen LogP contribution in [0.25, 0.3) is 10.9 Å². The Balaban J connectivity index is 2.13. The van der Waals surface area contributed by atoms with Crippen LogP contribution >= 0.6 is 43.6 Å². The molecule has 0 radical (unpaired) electrons. The summed E-state index contributed by atoms with van der Waals surface area (Å²) in [5, 5.41) is -0.0705. The number of alkyl halides is 3. The molecule has 1 aromatic heterocycles. The van der Waals surface area contributed by atoms with Crippen molar-refractivity contribution in [1.29, 1.82) is 0 Å². The zero-order valence-corrected chi connectivity index (χ0v) is 18.0. The van der Waals surface area contributed by atoms with Crippen molar-refractivity contribution in [2.24, 2.45) is 0 Å². The molecule has 3 rings (SSSR count). The Labute approximate surface area is 174 Å². The number of nitrogens with zero attached hydrogens (tertiary/aromatic N) is 2. The number of hydrogen-bond acceptors (Lipinski definition) is 3. The molecule has 27 heavy (non-hydrogen) atoms. The van der Waals surface area contributed by atoms with E-state index in [1.165, 1.54) is 10.9 Å². The molecule has 2 aromatic carbocycles. The largest absolute Gasteiger partial charge is 0.416 e. The van der Waals surface area contributed by atoms with Crippen LogP contribution in [0.3, 0.4) is 0 Å². The van der Waals surface area contributed by atoms with Gasteiger partial charge in [-0.2, -0.15) is 13.2 Å². The minimum absolute atomic E-state index is 0.0705. The fraction of sp³-hybridized carbons (Fsp3) is 0.222. The summed E-state index contributed by atoms with van der Waals surface area (Å²) in [4.78, 5) is 18.0. The first-order valence-electron chi connectivity index (χ1n) is 7.88. The molecule has 0 aliphatic rings. The molecule has 1 heterocycles. The van der Waals surface area contributed by atoms with Gasteiger partial charge < -0.3 is 0 Å². The number of thioether (sulfide) groups is 1. The second-order valence-electron chi connectivity index (χ2n) is 5.71. The molecule has 0 spiro atoms. The number of hydrogen-bond donors (Lipinski definition) is 0. The average Bonchev–Trinajstić information content (AvgIpc) is 2.59. The lowest BCUT2D eigenvalue weighted by molar-refractivity contribution is -0.137. The van der Waals surface area contributed by atoms with Gasteiger partial charge in [-0.25, -0.2) is 4.98 Å². The third-order valence-corrected chi connectivity index (χ3v) is 5.97. The van der Waals surface area contributed by atoms with Gasteiger partial charge in [0.1, 0.15) is 0 Å². The number of rotatable bonds is 4. The summed E-state index contributed by atoms with van der Waals surface area (Å²) in [6.45, 7) is 2.24. The van der Waals surface area contributed by atoms with E-state index in [1.807, 2.05) is 25.1 Å². The van der Waals surface area contributed by atoms with Gasteiger partial charge in [0.25, 0.3) is 5.56 Å². The molecule has 0 unspecified atom stereocenters. The Morgan fingerprint density at radius 2 is 1.93 bits per heavy atom. The quantitative estimate of drug-likeness (QED) is 0.389. The van der Waals surface area contributed by atoms with Crippen molar-refractivity contribution < 1.29 is 13.2 Å². The monoisotopic (exact) mass is 520 g/mol. The minimum Gasteiger partial charge on any atom is -0.294 e. The smallest absolute Gasteiger partial charge is 0.294 e. The number of benzene rings is 2. The Morgan fingerprint density at radius 3 is 2.59 bits per heavy atom. The van der Waals surface area contributed by atoms with Crippen molar-refractivity contribution in [2.75, 3.05) is 5.75 Å². The van der Waals surface area contributed by atoms with Crippen LogP contribution in [0.4, 0.5) is 13.2 Å². The maximum Gasteiger partial charge on any atom is 0.416 e. The van der Waals surface area contributed by atoms with Crippen LogP contribution in [-0.2, 0) is 12.7 Å². The van der Waals surface area contributed by atoms with E-state index in [9.17, 15) is 18.0 Å². The fourth-order valence-corrected chi connectivity index (χ4v) is 4.41. The normalized spacial score (nSPS) is 11.9. The van der Waals surface area contributed by atoms with Crippen molar-refractivity contribution >= 4 is 54.5 Å². The summed E-state index contributed by atoms with van der Waals surface area (Å²) >= 11 is 8.14. The first-order chi connectivity index (χ1) is 12.7. The highest BCUT2D eigenvalue weighted by molar-refractivity contribution is 9.11. The van der Waals surface area contributed by atoms with Gasteiger partial charge in [0.2, 0.25) is 0 Å². The first kappa shape index (κ1) is 20.4. The summed E-state index contributed by atoms with van der Waals surface area (Å²) in [5.41, 5.74) is -0.297. The van der Waals surface area contributed by atoms with Crippen molar-refractivity contribution in [1.82, 2.24) is 9.55 Å². The maximum atomic E-state index is 13.1. The van der Waals surface area contributed by atoms with E-state index < -0.39 is 17.3 Å². The van der Waals surface area contributed by atoms with Crippen LogP contribution < -0.4 is 5.56 Å². The summed E-state index contributed by atoms with van der Waals surface area (Å²) < 4.78 is 41.6. The Hall–Kier alpha value is -1.32. The van der Waals surface area contributed by atoms with E-state index in [-0.39, 0.29) is 21.9 Å². The molecule has 0 saturated carbocycles. The van der Waals surface area contributed by atoms with Crippen LogP contribution in [0, 0.1) is 0 Å². The van der Waals surface area contributed by atoms with Gasteiger partial charge in [0.15, 0.2) is 0 Å². The van der Waals surface area contributed by atoms with Gasteiger partial charge >= 0.3 is 6.18 Å². The Morgan fingerprint density at radius 1 is 1.19 bits per heavy atom. The second-order valence-corrected chi connectivity index (χ2v) is 8.79. The average molecular weight is 522 g/mol. The molecule has 0 N–H and O–H groups in total. The van der Waals surface area contributed by atoms with Crippen LogP contribution in [0.5, 0.6) is 0 Å². The van der Waals surface area contributed by atoms with Gasteiger partial charge in [0.05, 0.1) is 29.3 Å². The fourth-order valence-electron chi connectivity index (χ4n) is 2.66. The van der Waals surface area contributed by atoms with Crippen molar-refractivity contribution in [3.05, 3.63) is 67.1 Å². The lowest BCUT2D eigenvalue weighted by atomic mass is 10.1. The molecule has 0 aliphatic heterocycles. The topological polar surface area (TPSA) is 34.9 Å². The number of aromatic nitrogens is 2. The van der Waals surface area contributed by atoms with Crippen molar-refractivity contribution in [2.45, 2.75) is 24.5 Å². The molecule has 142 valence electrons. The van der Waals surface area contributed by atoms with E-state index in [2.05, 4.69) is 36.8 Å². The second kappa shape index (κ2) is 7.97. The van der Waals surface area contributed by atoms with E-state index in [4.69, 9.17) is 0 Å². The van der Waals surface area contributed by atoms with Gasteiger partial charge in [-0.15, -0.1) is 11.8 Å². The molecule has 3 nitrogen and oxygen atoms in total. The van der Waals surface area contributed by atoms with Crippen molar-refractivity contribution in [3.63, 3.8) is 0 Å². The van der Waals surface area contributed by atoms with Crippen LogP contribution in [-0.4, -0.2) is 15.3 Å². The van der Waals surface area contributed by atoms with Gasteiger partial charge in [0, 0.05) is 13.8 Å². The molecule has 0 aliphatic carbocycles. The van der Waals surface area contributed by atoms with Crippen LogP contribution in [0.15, 0.2) is 55.3 Å². The molecule has 0 saturated heterocycles. The summed E-state index contributed by atoms with van der Waals surface area (Å²) in [7, 11) is 0. The molecule has 0 amide bonds. The molecule has 3 aromatic rings. The molecular weight excluding hydrogens is 509 g/mol.